The highest BCUT2D eigenvalue weighted by Crippen LogP contribution is 2.33. The molecule has 1 N–H and O–H groups in total. The van der Waals surface area contributed by atoms with E-state index in [2.05, 4.69) is 19.2 Å². The van der Waals surface area contributed by atoms with E-state index in [0.717, 1.165) is 19.3 Å². The number of rotatable bonds is 4. The number of alkyl halides is 1. The van der Waals surface area contributed by atoms with E-state index < -0.39 is 5.54 Å². The van der Waals surface area contributed by atoms with E-state index in [1.165, 1.54) is 7.11 Å². The zero-order valence-electron chi connectivity index (χ0n) is 9.68. The molecule has 0 saturated carbocycles. The number of esters is 1. The minimum Gasteiger partial charge on any atom is -0.468 e. The van der Waals surface area contributed by atoms with E-state index in [1.807, 2.05) is 0 Å². The molecule has 3 nitrogen and oxygen atoms in total. The molecular formula is C11H20ClNO2. The maximum atomic E-state index is 11.8. The molecule has 0 bridgehead atoms. The number of hydrogen-bond acceptors (Lipinski definition) is 3. The van der Waals surface area contributed by atoms with E-state index in [-0.39, 0.29) is 5.97 Å². The Morgan fingerprint density at radius 2 is 2.27 bits per heavy atom. The first-order chi connectivity index (χ1) is 7.05. The van der Waals surface area contributed by atoms with Crippen LogP contribution in [0.2, 0.25) is 0 Å². The number of halogens is 1. The van der Waals surface area contributed by atoms with Gasteiger partial charge in [0.15, 0.2) is 0 Å². The van der Waals surface area contributed by atoms with Gasteiger partial charge in [0.1, 0.15) is 5.54 Å². The first-order valence-electron chi connectivity index (χ1n) is 5.48. The van der Waals surface area contributed by atoms with Gasteiger partial charge in [-0.05, 0) is 32.1 Å². The fraction of sp³-hybridized carbons (Fsp3) is 0.909. The second-order valence-corrected chi connectivity index (χ2v) is 4.86. The lowest BCUT2D eigenvalue weighted by atomic mass is 9.88. The average molecular weight is 234 g/mol. The highest BCUT2D eigenvalue weighted by Gasteiger charge is 2.47. The smallest absolute Gasteiger partial charge is 0.326 e. The molecule has 3 atom stereocenters. The summed E-state index contributed by atoms with van der Waals surface area (Å²) in [5.41, 5.74) is -0.498. The van der Waals surface area contributed by atoms with Crippen LogP contribution < -0.4 is 5.32 Å². The summed E-state index contributed by atoms with van der Waals surface area (Å²) in [6, 6.07) is 0.361. The molecule has 15 heavy (non-hydrogen) atoms. The van der Waals surface area contributed by atoms with Gasteiger partial charge in [0.25, 0.3) is 0 Å². The Hall–Kier alpha value is -0.280. The van der Waals surface area contributed by atoms with Crippen LogP contribution in [0.5, 0.6) is 0 Å². The Kier molecular flexibility index (Phi) is 4.41. The second-order valence-electron chi connectivity index (χ2n) is 4.48. The molecule has 0 aliphatic carbocycles. The Bertz CT molecular complexity index is 223. The monoisotopic (exact) mass is 233 g/mol. The lowest BCUT2D eigenvalue weighted by Crippen LogP contribution is -2.50. The van der Waals surface area contributed by atoms with E-state index in [4.69, 9.17) is 16.3 Å². The second kappa shape index (κ2) is 5.17. The van der Waals surface area contributed by atoms with Gasteiger partial charge in [0.05, 0.1) is 7.11 Å². The average Bonchev–Trinajstić information content (AvgIpc) is 2.52. The van der Waals surface area contributed by atoms with E-state index in [1.54, 1.807) is 0 Å². The molecule has 0 spiro atoms. The zero-order valence-corrected chi connectivity index (χ0v) is 10.4. The molecule has 1 rings (SSSR count). The van der Waals surface area contributed by atoms with Crippen molar-refractivity contribution < 1.29 is 9.53 Å². The van der Waals surface area contributed by atoms with Gasteiger partial charge in [-0.1, -0.05) is 6.92 Å². The van der Waals surface area contributed by atoms with Gasteiger partial charge in [0, 0.05) is 11.9 Å². The fourth-order valence-corrected chi connectivity index (χ4v) is 2.48. The lowest BCUT2D eigenvalue weighted by molar-refractivity contribution is -0.148. The molecule has 1 aliphatic rings. The summed E-state index contributed by atoms with van der Waals surface area (Å²) in [6.45, 7) is 4.26. The third kappa shape index (κ3) is 2.64. The predicted molar refractivity (Wildman–Crippen MR) is 61.1 cm³/mol. The molecule has 1 aliphatic heterocycles. The van der Waals surface area contributed by atoms with Crippen molar-refractivity contribution >= 4 is 17.6 Å². The van der Waals surface area contributed by atoms with Crippen LogP contribution in [0.3, 0.4) is 0 Å². The number of nitrogens with one attached hydrogen (secondary N) is 1. The van der Waals surface area contributed by atoms with Crippen molar-refractivity contribution in [1.82, 2.24) is 5.32 Å². The topological polar surface area (TPSA) is 38.3 Å². The highest BCUT2D eigenvalue weighted by molar-refractivity contribution is 6.17. The molecule has 0 radical (unpaired) electrons. The van der Waals surface area contributed by atoms with Crippen molar-refractivity contribution in [2.75, 3.05) is 13.0 Å². The maximum Gasteiger partial charge on any atom is 0.326 e. The van der Waals surface area contributed by atoms with Crippen molar-refractivity contribution in [3.8, 4) is 0 Å². The normalized spacial score (nSPS) is 35.5. The van der Waals surface area contributed by atoms with Gasteiger partial charge in [-0.2, -0.15) is 0 Å². The molecule has 1 heterocycles. The largest absolute Gasteiger partial charge is 0.468 e. The highest BCUT2D eigenvalue weighted by atomic mass is 35.5. The summed E-state index contributed by atoms with van der Waals surface area (Å²) >= 11 is 5.68. The lowest BCUT2D eigenvalue weighted by Gasteiger charge is -2.26. The number of methoxy groups -OCH3 is 1. The maximum absolute atomic E-state index is 11.8. The van der Waals surface area contributed by atoms with Gasteiger partial charge in [-0.15, -0.1) is 11.6 Å². The third-order valence-corrected chi connectivity index (χ3v) is 3.61. The minimum atomic E-state index is -0.498. The van der Waals surface area contributed by atoms with Crippen molar-refractivity contribution in [1.29, 1.82) is 0 Å². The van der Waals surface area contributed by atoms with Crippen LogP contribution in [0.15, 0.2) is 0 Å². The molecule has 88 valence electrons. The zero-order chi connectivity index (χ0) is 11.5. The summed E-state index contributed by atoms with van der Waals surface area (Å²) in [5, 5.41) is 3.37. The first kappa shape index (κ1) is 12.8. The van der Waals surface area contributed by atoms with Crippen molar-refractivity contribution in [3.63, 3.8) is 0 Å². The Morgan fingerprint density at radius 1 is 1.60 bits per heavy atom. The van der Waals surface area contributed by atoms with E-state index >= 15 is 0 Å². The predicted octanol–water partition coefficient (Wildman–Crippen LogP) is 1.94. The summed E-state index contributed by atoms with van der Waals surface area (Å²) in [7, 11) is 1.44. The summed E-state index contributed by atoms with van der Waals surface area (Å²) in [4.78, 5) is 11.8. The van der Waals surface area contributed by atoms with Gasteiger partial charge in [-0.3, -0.25) is 10.1 Å². The molecule has 1 saturated heterocycles. The van der Waals surface area contributed by atoms with Crippen LogP contribution in [0.4, 0.5) is 0 Å². The van der Waals surface area contributed by atoms with Crippen LogP contribution in [-0.4, -0.2) is 30.5 Å². The van der Waals surface area contributed by atoms with Crippen LogP contribution in [0.25, 0.3) is 0 Å². The number of ether oxygens (including phenoxy) is 1. The van der Waals surface area contributed by atoms with E-state index in [9.17, 15) is 4.79 Å². The van der Waals surface area contributed by atoms with Gasteiger partial charge >= 0.3 is 5.97 Å². The number of carbonyl (C=O) groups excluding carboxylic acids is 1. The molecule has 0 aromatic carbocycles. The van der Waals surface area contributed by atoms with Gasteiger partial charge in [-0.25, -0.2) is 0 Å². The summed E-state index contributed by atoms with van der Waals surface area (Å²) in [6.07, 6.45) is 2.44. The van der Waals surface area contributed by atoms with E-state index in [0.29, 0.717) is 17.8 Å². The van der Waals surface area contributed by atoms with Crippen LogP contribution in [0.1, 0.15) is 33.1 Å². The van der Waals surface area contributed by atoms with Crippen molar-refractivity contribution in [2.24, 2.45) is 5.92 Å². The van der Waals surface area contributed by atoms with Gasteiger partial charge < -0.3 is 4.74 Å². The summed E-state index contributed by atoms with van der Waals surface area (Å²) in [5.74, 6) is 0.937. The molecule has 0 aromatic rings. The SMILES string of the molecule is COC(=O)[C@@]1(CCCCl)C[C@H](C)[C@H](C)N1. The van der Waals surface area contributed by atoms with Crippen LogP contribution >= 0.6 is 11.6 Å². The number of carbonyl (C=O) groups is 1. The molecule has 0 amide bonds. The molecule has 1 fully saturated rings. The molecule has 0 unspecified atom stereocenters. The molecule has 0 aromatic heterocycles. The standard InChI is InChI=1S/C11H20ClNO2/c1-8-7-11(5-4-6-12,10(14)15-3)13-9(8)2/h8-9,13H,4-7H2,1-3H3/t8-,9-,11+/m0/s1. The number of hydrogen-bond donors (Lipinski definition) is 1. The molecule has 4 heteroatoms. The van der Waals surface area contributed by atoms with Crippen LogP contribution in [0, 0.1) is 5.92 Å². The molecular weight excluding hydrogens is 214 g/mol. The van der Waals surface area contributed by atoms with Crippen molar-refractivity contribution in [3.05, 3.63) is 0 Å². The first-order valence-corrected chi connectivity index (χ1v) is 6.01. The summed E-state index contributed by atoms with van der Waals surface area (Å²) < 4.78 is 4.89. The fourth-order valence-electron chi connectivity index (χ4n) is 2.35. The Balaban J connectivity index is 2.74. The Morgan fingerprint density at radius 3 is 2.67 bits per heavy atom. The van der Waals surface area contributed by atoms with Crippen molar-refractivity contribution in [2.45, 2.75) is 44.7 Å². The third-order valence-electron chi connectivity index (χ3n) is 3.34. The van der Waals surface area contributed by atoms with Gasteiger partial charge in [0.2, 0.25) is 0 Å². The minimum absolute atomic E-state index is 0.149. The van der Waals surface area contributed by atoms with Crippen LogP contribution in [-0.2, 0) is 9.53 Å². The quantitative estimate of drug-likeness (QED) is 0.596. The Labute approximate surface area is 96.5 Å².